The number of benzene rings is 1. The topological polar surface area (TPSA) is 30.5 Å². The van der Waals surface area contributed by atoms with Crippen molar-refractivity contribution in [2.24, 2.45) is 0 Å². The zero-order valence-corrected chi connectivity index (χ0v) is 12.2. The van der Waals surface area contributed by atoms with Gasteiger partial charge in [-0.3, -0.25) is 0 Å². The van der Waals surface area contributed by atoms with Crippen LogP contribution in [-0.2, 0) is 0 Å². The van der Waals surface area contributed by atoms with Gasteiger partial charge >= 0.3 is 0 Å². The summed E-state index contributed by atoms with van der Waals surface area (Å²) in [7, 11) is 0. The predicted molar refractivity (Wildman–Crippen MR) is 79.2 cm³/mol. The van der Waals surface area contributed by atoms with Gasteiger partial charge in [-0.25, -0.2) is 0 Å². The molecule has 3 nitrogen and oxygen atoms in total. The summed E-state index contributed by atoms with van der Waals surface area (Å²) in [6, 6.07) is 4.20. The summed E-state index contributed by atoms with van der Waals surface area (Å²) in [6.07, 6.45) is 5.31. The number of ether oxygens (including phenoxy) is 2. The fourth-order valence-electron chi connectivity index (χ4n) is 1.92. The Morgan fingerprint density at radius 2 is 2.16 bits per heavy atom. The Balaban J connectivity index is 2.08. The maximum atomic E-state index is 6.19. The van der Waals surface area contributed by atoms with Gasteiger partial charge in [0.15, 0.2) is 11.5 Å². The minimum Gasteiger partial charge on any atom is -0.486 e. The van der Waals surface area contributed by atoms with Crippen LogP contribution < -0.4 is 14.8 Å². The molecule has 0 spiro atoms. The van der Waals surface area contributed by atoms with Crippen LogP contribution >= 0.6 is 11.6 Å². The third-order valence-electron chi connectivity index (χ3n) is 2.91. The molecule has 1 N–H and O–H groups in total. The first-order chi connectivity index (χ1) is 9.20. The van der Waals surface area contributed by atoms with Gasteiger partial charge in [0.2, 0.25) is 0 Å². The molecule has 0 radical (unpaired) electrons. The van der Waals surface area contributed by atoms with Crippen molar-refractivity contribution in [2.75, 3.05) is 19.8 Å². The van der Waals surface area contributed by atoms with Crippen LogP contribution in [0.5, 0.6) is 11.5 Å². The molecule has 1 aliphatic rings. The van der Waals surface area contributed by atoms with Gasteiger partial charge in [-0.15, -0.1) is 0 Å². The molecular weight excluding hydrogens is 262 g/mol. The molecule has 1 aromatic carbocycles. The number of nitrogens with one attached hydrogen (secondary N) is 1. The highest BCUT2D eigenvalue weighted by Crippen LogP contribution is 2.38. The van der Waals surface area contributed by atoms with E-state index in [9.17, 15) is 0 Å². The minimum atomic E-state index is 0.340. The van der Waals surface area contributed by atoms with Crippen LogP contribution in [0.4, 0.5) is 0 Å². The van der Waals surface area contributed by atoms with E-state index >= 15 is 0 Å². The van der Waals surface area contributed by atoms with Gasteiger partial charge in [-0.1, -0.05) is 30.7 Å². The molecule has 0 fully saturated rings. The van der Waals surface area contributed by atoms with Crippen LogP contribution in [0.25, 0.3) is 6.08 Å². The Morgan fingerprint density at radius 3 is 2.95 bits per heavy atom. The van der Waals surface area contributed by atoms with E-state index in [4.69, 9.17) is 21.1 Å². The van der Waals surface area contributed by atoms with E-state index in [1.165, 1.54) is 0 Å². The van der Waals surface area contributed by atoms with Crippen LogP contribution in [0.3, 0.4) is 0 Å². The standard InChI is InChI=1S/C15H20ClNO2/c1-3-6-17-11(2)4-5-12-9-13(16)15-14(10-12)18-7-8-19-15/h4-5,9-11,17H,3,6-8H2,1-2H3/b5-4+. The van der Waals surface area contributed by atoms with Crippen molar-refractivity contribution in [3.05, 3.63) is 28.8 Å². The Hall–Kier alpha value is -1.19. The average molecular weight is 282 g/mol. The maximum absolute atomic E-state index is 6.19. The summed E-state index contributed by atoms with van der Waals surface area (Å²) in [5.41, 5.74) is 1.03. The van der Waals surface area contributed by atoms with Crippen molar-refractivity contribution < 1.29 is 9.47 Å². The Labute approximate surface area is 119 Å². The number of halogens is 1. The molecule has 0 bridgehead atoms. The largest absolute Gasteiger partial charge is 0.486 e. The van der Waals surface area contributed by atoms with E-state index in [1.54, 1.807) is 0 Å². The molecule has 1 aliphatic heterocycles. The van der Waals surface area contributed by atoms with Crippen LogP contribution in [0.1, 0.15) is 25.8 Å². The summed E-state index contributed by atoms with van der Waals surface area (Å²) in [4.78, 5) is 0. The summed E-state index contributed by atoms with van der Waals surface area (Å²) < 4.78 is 11.1. The summed E-state index contributed by atoms with van der Waals surface area (Å²) >= 11 is 6.19. The van der Waals surface area contributed by atoms with Crippen molar-refractivity contribution in [3.8, 4) is 11.5 Å². The maximum Gasteiger partial charge on any atom is 0.179 e. The number of hydrogen-bond acceptors (Lipinski definition) is 3. The molecule has 0 aliphatic carbocycles. The van der Waals surface area contributed by atoms with Crippen molar-refractivity contribution in [1.29, 1.82) is 0 Å². The molecule has 4 heteroatoms. The lowest BCUT2D eigenvalue weighted by Crippen LogP contribution is -2.24. The van der Waals surface area contributed by atoms with Gasteiger partial charge in [0, 0.05) is 6.04 Å². The third-order valence-corrected chi connectivity index (χ3v) is 3.19. The van der Waals surface area contributed by atoms with E-state index in [0.717, 1.165) is 24.3 Å². The van der Waals surface area contributed by atoms with Crippen molar-refractivity contribution in [1.82, 2.24) is 5.32 Å². The second kappa shape index (κ2) is 6.83. The van der Waals surface area contributed by atoms with E-state index in [2.05, 4.69) is 31.3 Å². The fraction of sp³-hybridized carbons (Fsp3) is 0.467. The van der Waals surface area contributed by atoms with Crippen LogP contribution in [-0.4, -0.2) is 25.8 Å². The summed E-state index contributed by atoms with van der Waals surface area (Å²) in [5, 5.41) is 4.01. The Morgan fingerprint density at radius 1 is 1.37 bits per heavy atom. The lowest BCUT2D eigenvalue weighted by molar-refractivity contribution is 0.171. The van der Waals surface area contributed by atoms with E-state index < -0.39 is 0 Å². The highest BCUT2D eigenvalue weighted by Gasteiger charge is 2.15. The molecular formula is C15H20ClNO2. The first-order valence-corrected chi connectivity index (χ1v) is 7.09. The fourth-order valence-corrected chi connectivity index (χ4v) is 2.20. The molecule has 104 valence electrons. The molecule has 1 heterocycles. The molecule has 19 heavy (non-hydrogen) atoms. The Kier molecular flexibility index (Phi) is 5.11. The molecule has 1 aromatic rings. The summed E-state index contributed by atoms with van der Waals surface area (Å²) in [6.45, 7) is 6.44. The van der Waals surface area contributed by atoms with E-state index in [-0.39, 0.29) is 0 Å². The minimum absolute atomic E-state index is 0.340. The second-order valence-electron chi connectivity index (χ2n) is 4.63. The van der Waals surface area contributed by atoms with E-state index in [1.807, 2.05) is 12.1 Å². The molecule has 0 amide bonds. The smallest absolute Gasteiger partial charge is 0.179 e. The van der Waals surface area contributed by atoms with Crippen LogP contribution in [0.2, 0.25) is 5.02 Å². The first kappa shape index (κ1) is 14.2. The molecule has 0 saturated carbocycles. The van der Waals surface area contributed by atoms with Gasteiger partial charge in [0.05, 0.1) is 5.02 Å². The lowest BCUT2D eigenvalue weighted by Gasteiger charge is -2.19. The Bertz CT molecular complexity index is 460. The molecule has 0 saturated heterocycles. The van der Waals surface area contributed by atoms with Gasteiger partial charge in [-0.05, 0) is 37.6 Å². The molecule has 0 aromatic heterocycles. The monoisotopic (exact) mass is 281 g/mol. The van der Waals surface area contributed by atoms with E-state index in [0.29, 0.717) is 30.0 Å². The molecule has 2 rings (SSSR count). The highest BCUT2D eigenvalue weighted by atomic mass is 35.5. The zero-order chi connectivity index (χ0) is 13.7. The SMILES string of the molecule is CCCNC(C)/C=C/c1cc(Cl)c2c(c1)OCCO2. The number of fused-ring (bicyclic) bond motifs is 1. The normalized spacial score (nSPS) is 15.7. The predicted octanol–water partition coefficient (Wildman–Crippen LogP) is 3.51. The van der Waals surface area contributed by atoms with Gasteiger partial charge < -0.3 is 14.8 Å². The summed E-state index contributed by atoms with van der Waals surface area (Å²) in [5.74, 6) is 1.38. The van der Waals surface area contributed by atoms with Crippen molar-refractivity contribution in [2.45, 2.75) is 26.3 Å². The highest BCUT2D eigenvalue weighted by molar-refractivity contribution is 6.32. The number of hydrogen-bond donors (Lipinski definition) is 1. The average Bonchev–Trinajstić information content (AvgIpc) is 2.43. The van der Waals surface area contributed by atoms with Gasteiger partial charge in [-0.2, -0.15) is 0 Å². The third kappa shape index (κ3) is 3.88. The van der Waals surface area contributed by atoms with Gasteiger partial charge in [0.25, 0.3) is 0 Å². The first-order valence-electron chi connectivity index (χ1n) is 6.71. The second-order valence-corrected chi connectivity index (χ2v) is 5.04. The van der Waals surface area contributed by atoms with Crippen LogP contribution in [0.15, 0.2) is 18.2 Å². The number of rotatable bonds is 5. The molecule has 1 unspecified atom stereocenters. The van der Waals surface area contributed by atoms with Crippen LogP contribution in [0, 0.1) is 0 Å². The van der Waals surface area contributed by atoms with Crippen molar-refractivity contribution >= 4 is 17.7 Å². The van der Waals surface area contributed by atoms with Gasteiger partial charge in [0.1, 0.15) is 13.2 Å². The quantitative estimate of drug-likeness (QED) is 0.896. The lowest BCUT2D eigenvalue weighted by atomic mass is 10.1. The zero-order valence-electron chi connectivity index (χ0n) is 11.4. The van der Waals surface area contributed by atoms with Crippen molar-refractivity contribution in [3.63, 3.8) is 0 Å². The molecule has 1 atom stereocenters.